The highest BCUT2D eigenvalue weighted by Crippen LogP contribution is 2.26. The van der Waals surface area contributed by atoms with Crippen LogP contribution >= 0.6 is 11.6 Å². The lowest BCUT2D eigenvalue weighted by atomic mass is 10.1. The third-order valence-electron chi connectivity index (χ3n) is 4.65. The van der Waals surface area contributed by atoms with E-state index in [1.165, 1.54) is 11.1 Å². The van der Waals surface area contributed by atoms with Crippen LogP contribution in [0.25, 0.3) is 22.2 Å². The Balaban J connectivity index is 1.51. The molecule has 1 aliphatic heterocycles. The minimum Gasteiger partial charge on any atom is -0.355 e. The molecule has 1 amide bonds. The zero-order valence-electron chi connectivity index (χ0n) is 13.9. The maximum Gasteiger partial charge on any atom is 0.234 e. The smallest absolute Gasteiger partial charge is 0.234 e. The molecule has 0 aliphatic carbocycles. The van der Waals surface area contributed by atoms with Gasteiger partial charge in [-0.3, -0.25) is 9.69 Å². The fourth-order valence-electron chi connectivity index (χ4n) is 3.32. The number of aromatic nitrogens is 1. The van der Waals surface area contributed by atoms with Crippen LogP contribution in [0, 0.1) is 0 Å². The fourth-order valence-corrected chi connectivity index (χ4v) is 3.50. The first-order valence-electron chi connectivity index (χ1n) is 8.54. The number of benzene rings is 2. The van der Waals surface area contributed by atoms with E-state index in [0.717, 1.165) is 47.7 Å². The number of aromatic amines is 1. The lowest BCUT2D eigenvalue weighted by Crippen LogP contribution is -2.48. The van der Waals surface area contributed by atoms with Crippen LogP contribution in [0.5, 0.6) is 0 Å². The van der Waals surface area contributed by atoms with Crippen molar-refractivity contribution < 1.29 is 4.79 Å². The number of carbonyl (C=O) groups is 1. The molecule has 0 unspecified atom stereocenters. The first-order chi connectivity index (χ1) is 12.2. The third-order valence-corrected chi connectivity index (χ3v) is 4.89. The number of fused-ring (bicyclic) bond motifs is 1. The summed E-state index contributed by atoms with van der Waals surface area (Å²) in [5.41, 5.74) is 4.63. The molecule has 1 fully saturated rings. The van der Waals surface area contributed by atoms with E-state index >= 15 is 0 Å². The number of rotatable bonds is 4. The van der Waals surface area contributed by atoms with Crippen molar-refractivity contribution in [2.45, 2.75) is 6.42 Å². The van der Waals surface area contributed by atoms with E-state index in [0.29, 0.717) is 6.54 Å². The largest absolute Gasteiger partial charge is 0.355 e. The standard InChI is InChI=1S/C20H20ClN3O/c21-17-4-5-18-16(11-17)12-19(23-18)15-3-1-2-14(10-15)6-8-24-9-7-22-20(25)13-24/h1-5,10-12,23H,6-9,13H2,(H,22,25). The molecular weight excluding hydrogens is 334 g/mol. The highest BCUT2D eigenvalue weighted by atomic mass is 35.5. The molecule has 25 heavy (non-hydrogen) atoms. The zero-order valence-corrected chi connectivity index (χ0v) is 14.6. The van der Waals surface area contributed by atoms with Gasteiger partial charge in [-0.15, -0.1) is 0 Å². The van der Waals surface area contributed by atoms with Crippen molar-refractivity contribution >= 4 is 28.4 Å². The van der Waals surface area contributed by atoms with Gasteiger partial charge in [0.05, 0.1) is 6.54 Å². The van der Waals surface area contributed by atoms with Gasteiger partial charge in [-0.05, 0) is 47.9 Å². The van der Waals surface area contributed by atoms with Crippen LogP contribution < -0.4 is 5.32 Å². The fraction of sp³-hybridized carbons (Fsp3) is 0.250. The van der Waals surface area contributed by atoms with Gasteiger partial charge in [0.1, 0.15) is 0 Å². The molecule has 0 bridgehead atoms. The number of halogens is 1. The molecule has 2 aromatic carbocycles. The van der Waals surface area contributed by atoms with Crippen molar-refractivity contribution in [1.82, 2.24) is 15.2 Å². The average Bonchev–Trinajstić information content (AvgIpc) is 3.03. The predicted molar refractivity (Wildman–Crippen MR) is 102 cm³/mol. The summed E-state index contributed by atoms with van der Waals surface area (Å²) in [6.07, 6.45) is 0.938. The van der Waals surface area contributed by atoms with Gasteiger partial charge in [-0.2, -0.15) is 0 Å². The summed E-state index contributed by atoms with van der Waals surface area (Å²) in [7, 11) is 0. The minimum absolute atomic E-state index is 0.122. The molecule has 0 spiro atoms. The SMILES string of the molecule is O=C1CN(CCc2cccc(-c3cc4cc(Cl)ccc4[nH]3)c2)CCN1. The number of piperazine rings is 1. The van der Waals surface area contributed by atoms with E-state index in [1.54, 1.807) is 0 Å². The first kappa shape index (κ1) is 16.2. The second-order valence-electron chi connectivity index (χ2n) is 6.49. The molecule has 2 heterocycles. The average molecular weight is 354 g/mol. The number of H-pyrrole nitrogens is 1. The molecule has 1 aromatic heterocycles. The van der Waals surface area contributed by atoms with Gasteiger partial charge in [0, 0.05) is 41.3 Å². The molecule has 4 rings (SSSR count). The maximum atomic E-state index is 11.5. The summed E-state index contributed by atoms with van der Waals surface area (Å²) in [6.45, 7) is 3.08. The molecule has 1 aliphatic rings. The molecule has 128 valence electrons. The highest BCUT2D eigenvalue weighted by molar-refractivity contribution is 6.31. The lowest BCUT2D eigenvalue weighted by Gasteiger charge is -2.26. The van der Waals surface area contributed by atoms with Crippen LogP contribution in [0.3, 0.4) is 0 Å². The van der Waals surface area contributed by atoms with Crippen LogP contribution in [0.1, 0.15) is 5.56 Å². The van der Waals surface area contributed by atoms with Crippen LogP contribution in [-0.2, 0) is 11.2 Å². The van der Waals surface area contributed by atoms with Gasteiger partial charge >= 0.3 is 0 Å². The maximum absolute atomic E-state index is 11.5. The summed E-state index contributed by atoms with van der Waals surface area (Å²) in [4.78, 5) is 17.1. The van der Waals surface area contributed by atoms with Gasteiger partial charge in [-0.25, -0.2) is 0 Å². The number of amides is 1. The number of carbonyl (C=O) groups excluding carboxylic acids is 1. The van der Waals surface area contributed by atoms with Crippen LogP contribution in [0.4, 0.5) is 0 Å². The Morgan fingerprint density at radius 1 is 1.12 bits per heavy atom. The van der Waals surface area contributed by atoms with Gasteiger partial charge < -0.3 is 10.3 Å². The first-order valence-corrected chi connectivity index (χ1v) is 8.92. The predicted octanol–water partition coefficient (Wildman–Crippen LogP) is 3.46. The van der Waals surface area contributed by atoms with Gasteiger partial charge in [0.2, 0.25) is 5.91 Å². The Morgan fingerprint density at radius 2 is 2.04 bits per heavy atom. The molecular formula is C20H20ClN3O. The number of nitrogens with zero attached hydrogens (tertiary/aromatic N) is 1. The van der Waals surface area contributed by atoms with Crippen molar-refractivity contribution in [3.8, 4) is 11.3 Å². The van der Waals surface area contributed by atoms with Crippen molar-refractivity contribution in [2.24, 2.45) is 0 Å². The normalized spacial score (nSPS) is 15.5. The van der Waals surface area contributed by atoms with Crippen molar-refractivity contribution in [1.29, 1.82) is 0 Å². The molecule has 4 nitrogen and oxygen atoms in total. The summed E-state index contributed by atoms with van der Waals surface area (Å²) in [6, 6.07) is 16.6. The quantitative estimate of drug-likeness (QED) is 0.754. The molecule has 0 saturated carbocycles. The summed E-state index contributed by atoms with van der Waals surface area (Å²) >= 11 is 6.08. The summed E-state index contributed by atoms with van der Waals surface area (Å²) in [5.74, 6) is 0.122. The van der Waals surface area contributed by atoms with E-state index in [9.17, 15) is 4.79 Å². The Hall–Kier alpha value is -2.30. The van der Waals surface area contributed by atoms with Gasteiger partial charge in [0.15, 0.2) is 0 Å². The van der Waals surface area contributed by atoms with E-state index < -0.39 is 0 Å². The second kappa shape index (κ2) is 6.90. The minimum atomic E-state index is 0.122. The molecule has 0 radical (unpaired) electrons. The van der Waals surface area contributed by atoms with Crippen molar-refractivity contribution in [3.63, 3.8) is 0 Å². The van der Waals surface area contributed by atoms with E-state index in [1.807, 2.05) is 18.2 Å². The molecule has 5 heteroatoms. The van der Waals surface area contributed by atoms with Crippen LogP contribution in [-0.4, -0.2) is 42.0 Å². The summed E-state index contributed by atoms with van der Waals surface area (Å²) < 4.78 is 0. The Bertz CT molecular complexity index is 918. The van der Waals surface area contributed by atoms with Crippen molar-refractivity contribution in [3.05, 3.63) is 59.1 Å². The van der Waals surface area contributed by atoms with Gasteiger partial charge in [0.25, 0.3) is 0 Å². The van der Waals surface area contributed by atoms with Gasteiger partial charge in [-0.1, -0.05) is 29.8 Å². The second-order valence-corrected chi connectivity index (χ2v) is 6.93. The van der Waals surface area contributed by atoms with E-state index in [-0.39, 0.29) is 5.91 Å². The molecule has 3 aromatic rings. The number of nitrogens with one attached hydrogen (secondary N) is 2. The Labute approximate surface area is 151 Å². The Kier molecular flexibility index (Phi) is 4.47. The Morgan fingerprint density at radius 3 is 2.92 bits per heavy atom. The third kappa shape index (κ3) is 3.70. The van der Waals surface area contributed by atoms with Crippen molar-refractivity contribution in [2.75, 3.05) is 26.2 Å². The lowest BCUT2D eigenvalue weighted by molar-refractivity contribution is -0.124. The molecule has 0 atom stereocenters. The zero-order chi connectivity index (χ0) is 17.2. The number of hydrogen-bond donors (Lipinski definition) is 2. The highest BCUT2D eigenvalue weighted by Gasteiger charge is 2.15. The molecule has 2 N–H and O–H groups in total. The topological polar surface area (TPSA) is 48.1 Å². The summed E-state index contributed by atoms with van der Waals surface area (Å²) in [5, 5.41) is 4.73. The van der Waals surface area contributed by atoms with E-state index in [4.69, 9.17) is 11.6 Å². The monoisotopic (exact) mass is 353 g/mol. The molecule has 1 saturated heterocycles. The van der Waals surface area contributed by atoms with Crippen LogP contribution in [0.2, 0.25) is 5.02 Å². The van der Waals surface area contributed by atoms with E-state index in [2.05, 4.69) is 45.5 Å². The number of hydrogen-bond acceptors (Lipinski definition) is 2. The van der Waals surface area contributed by atoms with Crippen LogP contribution in [0.15, 0.2) is 48.5 Å².